The van der Waals surface area contributed by atoms with Crippen molar-refractivity contribution >= 4 is 8.25 Å². The van der Waals surface area contributed by atoms with Crippen LogP contribution in [0.1, 0.15) is 39.5 Å². The van der Waals surface area contributed by atoms with E-state index in [9.17, 15) is 4.57 Å². The van der Waals surface area contributed by atoms with Gasteiger partial charge in [-0.2, -0.15) is 0 Å². The van der Waals surface area contributed by atoms with Gasteiger partial charge in [-0.25, -0.2) is 0 Å². The van der Waals surface area contributed by atoms with Crippen molar-refractivity contribution in [2.45, 2.75) is 39.5 Å². The second-order valence-electron chi connectivity index (χ2n) is 2.65. The maximum atomic E-state index is 10.9. The molecule has 0 aromatic heterocycles. The fourth-order valence-corrected chi connectivity index (χ4v) is 1.35. The molecule has 0 rings (SSSR count). The first-order chi connectivity index (χ1) is 5.81. The summed E-state index contributed by atoms with van der Waals surface area (Å²) in [7, 11) is -2.18. The van der Waals surface area contributed by atoms with E-state index in [1.165, 1.54) is 0 Å². The first-order valence-electron chi connectivity index (χ1n) is 4.60. The molecule has 13 heavy (non-hydrogen) atoms. The van der Waals surface area contributed by atoms with Gasteiger partial charge < -0.3 is 9.05 Å². The van der Waals surface area contributed by atoms with Crippen molar-refractivity contribution in [2.24, 2.45) is 0 Å². The number of rotatable bonds is 8. The van der Waals surface area contributed by atoms with Crippen LogP contribution in [0, 0.1) is 40.8 Å². The molecular formula is C8H19NdO3P. The minimum atomic E-state index is -2.18. The van der Waals surface area contributed by atoms with Crippen molar-refractivity contribution < 1.29 is 54.5 Å². The minimum absolute atomic E-state index is 0. The average molecular weight is 338 g/mol. The predicted octanol–water partition coefficient (Wildman–Crippen LogP) is 3.01. The zero-order chi connectivity index (χ0) is 9.23. The zero-order valence-electron chi connectivity index (χ0n) is 8.47. The molecule has 0 aliphatic rings. The van der Waals surface area contributed by atoms with E-state index < -0.39 is 8.25 Å². The van der Waals surface area contributed by atoms with Crippen LogP contribution in [-0.2, 0) is 13.6 Å². The molecule has 0 fully saturated rings. The summed E-state index contributed by atoms with van der Waals surface area (Å²) in [6.45, 7) is 5.25. The molecule has 0 aromatic carbocycles. The number of hydrogen-bond acceptors (Lipinski definition) is 3. The summed E-state index contributed by atoms with van der Waals surface area (Å²) >= 11 is 0. The average Bonchev–Trinajstić information content (AvgIpc) is 2.06. The molecule has 0 N–H and O–H groups in total. The smallest absolute Gasteiger partial charge is 0.311 e. The van der Waals surface area contributed by atoms with Crippen molar-refractivity contribution in [2.75, 3.05) is 13.2 Å². The molecule has 0 amide bonds. The van der Waals surface area contributed by atoms with E-state index in [0.29, 0.717) is 13.2 Å². The van der Waals surface area contributed by atoms with Crippen LogP contribution in [0.15, 0.2) is 0 Å². The topological polar surface area (TPSA) is 35.5 Å². The molecule has 5 heteroatoms. The Bertz CT molecular complexity index is 110. The summed E-state index contributed by atoms with van der Waals surface area (Å²) in [5.74, 6) is 0. The van der Waals surface area contributed by atoms with E-state index in [-0.39, 0.29) is 40.8 Å². The molecule has 0 unspecified atom stereocenters. The van der Waals surface area contributed by atoms with Gasteiger partial charge in [0.05, 0.1) is 13.2 Å². The Morgan fingerprint density at radius 2 is 1.38 bits per heavy atom. The normalized spacial score (nSPS) is 10.1. The van der Waals surface area contributed by atoms with Crippen molar-refractivity contribution in [3.05, 3.63) is 0 Å². The SMILES string of the molecule is CCCCO[PH](=O)OCCCC.[Nd]. The molecule has 0 aliphatic heterocycles. The molecule has 0 saturated heterocycles. The second-order valence-corrected chi connectivity index (χ2v) is 3.73. The molecular weight excluding hydrogens is 319 g/mol. The molecule has 0 bridgehead atoms. The zero-order valence-corrected chi connectivity index (χ0v) is 12.7. The quantitative estimate of drug-likeness (QED) is 0.504. The Morgan fingerprint density at radius 3 is 1.69 bits per heavy atom. The second kappa shape index (κ2) is 13.5. The van der Waals surface area contributed by atoms with Crippen LogP contribution in [-0.4, -0.2) is 13.2 Å². The maximum absolute atomic E-state index is 10.9. The molecule has 0 atom stereocenters. The van der Waals surface area contributed by atoms with Crippen LogP contribution in [0.2, 0.25) is 0 Å². The van der Waals surface area contributed by atoms with Gasteiger partial charge in [-0.1, -0.05) is 26.7 Å². The van der Waals surface area contributed by atoms with Crippen LogP contribution >= 0.6 is 8.25 Å². The van der Waals surface area contributed by atoms with Gasteiger partial charge in [0.15, 0.2) is 0 Å². The summed E-state index contributed by atoms with van der Waals surface area (Å²) in [6, 6.07) is 0. The number of hydrogen-bond donors (Lipinski definition) is 0. The van der Waals surface area contributed by atoms with Gasteiger partial charge in [0.2, 0.25) is 0 Å². The van der Waals surface area contributed by atoms with Gasteiger partial charge in [-0.3, -0.25) is 4.57 Å². The molecule has 0 aromatic rings. The van der Waals surface area contributed by atoms with Gasteiger partial charge in [0, 0.05) is 40.8 Å². The molecule has 0 aliphatic carbocycles. The van der Waals surface area contributed by atoms with Crippen molar-refractivity contribution in [1.82, 2.24) is 0 Å². The van der Waals surface area contributed by atoms with Crippen LogP contribution in [0.5, 0.6) is 0 Å². The summed E-state index contributed by atoms with van der Waals surface area (Å²) in [6.07, 6.45) is 4.02. The molecule has 0 saturated carbocycles. The third kappa shape index (κ3) is 13.5. The number of unbranched alkanes of at least 4 members (excludes halogenated alkanes) is 2. The third-order valence-electron chi connectivity index (χ3n) is 1.44. The van der Waals surface area contributed by atoms with Gasteiger partial charge in [0.25, 0.3) is 0 Å². The van der Waals surface area contributed by atoms with E-state index in [0.717, 1.165) is 25.7 Å². The van der Waals surface area contributed by atoms with Crippen LogP contribution < -0.4 is 0 Å². The molecule has 0 spiro atoms. The van der Waals surface area contributed by atoms with E-state index in [4.69, 9.17) is 9.05 Å². The summed E-state index contributed by atoms with van der Waals surface area (Å²) < 4.78 is 20.8. The fourth-order valence-electron chi connectivity index (χ4n) is 0.641. The summed E-state index contributed by atoms with van der Waals surface area (Å²) in [5.41, 5.74) is 0. The Morgan fingerprint density at radius 1 is 1.00 bits per heavy atom. The summed E-state index contributed by atoms with van der Waals surface area (Å²) in [5, 5.41) is 0. The Hall–Kier alpha value is 1.50. The van der Waals surface area contributed by atoms with Gasteiger partial charge in [-0.15, -0.1) is 0 Å². The van der Waals surface area contributed by atoms with Gasteiger partial charge in [0.1, 0.15) is 0 Å². The van der Waals surface area contributed by atoms with Crippen LogP contribution in [0.4, 0.5) is 0 Å². The monoisotopic (exact) mass is 336 g/mol. The van der Waals surface area contributed by atoms with Crippen LogP contribution in [0.3, 0.4) is 0 Å². The van der Waals surface area contributed by atoms with Crippen molar-refractivity contribution in [3.8, 4) is 0 Å². The third-order valence-corrected chi connectivity index (χ3v) is 2.32. The molecule has 0 radical (unpaired) electrons. The Balaban J connectivity index is 0. The first-order valence-corrected chi connectivity index (χ1v) is 5.83. The summed E-state index contributed by atoms with van der Waals surface area (Å²) in [4.78, 5) is 0. The van der Waals surface area contributed by atoms with Crippen LogP contribution in [0.25, 0.3) is 0 Å². The Labute approximate surface area is 114 Å². The Kier molecular flexibility index (Phi) is 17.6. The standard InChI is InChI=1S/C8H19O3P.Nd/c1-3-5-7-10-12(9)11-8-6-4-2;/h12H,3-8H2,1-2H3;. The molecule has 3 nitrogen and oxygen atoms in total. The van der Waals surface area contributed by atoms with E-state index in [2.05, 4.69) is 13.8 Å². The molecule has 0 heterocycles. The predicted molar refractivity (Wildman–Crippen MR) is 50.7 cm³/mol. The maximum Gasteiger partial charge on any atom is 0.319 e. The van der Waals surface area contributed by atoms with E-state index in [1.807, 2.05) is 0 Å². The first kappa shape index (κ1) is 16.9. The van der Waals surface area contributed by atoms with Gasteiger partial charge in [-0.05, 0) is 12.8 Å². The largest absolute Gasteiger partial charge is 0.319 e. The fraction of sp³-hybridized carbons (Fsp3) is 1.00. The van der Waals surface area contributed by atoms with Crippen molar-refractivity contribution in [1.29, 1.82) is 0 Å². The minimum Gasteiger partial charge on any atom is -0.311 e. The van der Waals surface area contributed by atoms with Gasteiger partial charge >= 0.3 is 8.25 Å². The van der Waals surface area contributed by atoms with E-state index >= 15 is 0 Å². The van der Waals surface area contributed by atoms with E-state index in [1.54, 1.807) is 0 Å². The molecule has 78 valence electrons. The van der Waals surface area contributed by atoms with Crippen molar-refractivity contribution in [3.63, 3.8) is 0 Å².